The van der Waals surface area contributed by atoms with Crippen LogP contribution in [0.4, 0.5) is 0 Å². The predicted octanol–water partition coefficient (Wildman–Crippen LogP) is 5.12. The van der Waals surface area contributed by atoms with Crippen molar-refractivity contribution in [3.05, 3.63) is 35.0 Å². The summed E-state index contributed by atoms with van der Waals surface area (Å²) < 4.78 is 5.94. The van der Waals surface area contributed by atoms with Gasteiger partial charge in [0.05, 0.1) is 5.02 Å². The van der Waals surface area contributed by atoms with E-state index in [0.717, 1.165) is 24.6 Å². The first-order chi connectivity index (χ1) is 9.52. The number of hydrogen-bond donors (Lipinski definition) is 1. The third-order valence-electron chi connectivity index (χ3n) is 4.66. The average molecular weight is 293 g/mol. The molecule has 1 saturated carbocycles. The normalized spacial score (nSPS) is 27.4. The Morgan fingerprint density at radius 3 is 2.85 bits per heavy atom. The number of hydrogen-bond acceptors (Lipinski definition) is 2. The second-order valence-corrected chi connectivity index (χ2v) is 6.70. The van der Waals surface area contributed by atoms with Crippen LogP contribution in [-0.2, 0) is 5.60 Å². The zero-order valence-corrected chi connectivity index (χ0v) is 12.8. The van der Waals surface area contributed by atoms with Gasteiger partial charge in [-0.2, -0.15) is 0 Å². The number of aliphatic hydroxyl groups is 1. The fraction of sp³-hybridized carbons (Fsp3) is 0.529. The highest BCUT2D eigenvalue weighted by Gasteiger charge is 2.44. The van der Waals surface area contributed by atoms with Gasteiger partial charge in [-0.15, -0.1) is 0 Å². The van der Waals surface area contributed by atoms with Gasteiger partial charge in [0, 0.05) is 5.39 Å². The molecule has 108 valence electrons. The second kappa shape index (κ2) is 5.09. The fourth-order valence-corrected chi connectivity index (χ4v) is 3.83. The van der Waals surface area contributed by atoms with E-state index < -0.39 is 5.60 Å². The van der Waals surface area contributed by atoms with Gasteiger partial charge in [-0.3, -0.25) is 0 Å². The monoisotopic (exact) mass is 292 g/mol. The lowest BCUT2D eigenvalue weighted by Gasteiger charge is -2.40. The lowest BCUT2D eigenvalue weighted by atomic mass is 9.69. The molecule has 0 saturated heterocycles. The van der Waals surface area contributed by atoms with E-state index in [9.17, 15) is 5.11 Å². The SMILES string of the molecule is CC(C)C1CCCCC1(O)c1cc2cccc(Cl)c2o1. The van der Waals surface area contributed by atoms with Gasteiger partial charge in [0.2, 0.25) is 0 Å². The van der Waals surface area contributed by atoms with Crippen molar-refractivity contribution >= 4 is 22.6 Å². The molecular formula is C17H21ClO2. The molecule has 1 fully saturated rings. The van der Waals surface area contributed by atoms with Crippen molar-refractivity contribution < 1.29 is 9.52 Å². The molecule has 2 aromatic rings. The fourth-order valence-electron chi connectivity index (χ4n) is 3.61. The van der Waals surface area contributed by atoms with Crippen LogP contribution in [0.3, 0.4) is 0 Å². The molecule has 2 unspecified atom stereocenters. The molecule has 20 heavy (non-hydrogen) atoms. The minimum absolute atomic E-state index is 0.246. The summed E-state index contributed by atoms with van der Waals surface area (Å²) in [4.78, 5) is 0. The number of para-hydroxylation sites is 1. The molecule has 1 heterocycles. The van der Waals surface area contributed by atoms with Crippen LogP contribution in [0.5, 0.6) is 0 Å². The molecule has 0 bridgehead atoms. The second-order valence-electron chi connectivity index (χ2n) is 6.29. The first-order valence-electron chi connectivity index (χ1n) is 7.43. The van der Waals surface area contributed by atoms with E-state index in [1.807, 2.05) is 24.3 Å². The Balaban J connectivity index is 2.09. The van der Waals surface area contributed by atoms with E-state index in [2.05, 4.69) is 13.8 Å². The Labute approximate surface area is 124 Å². The van der Waals surface area contributed by atoms with Crippen molar-refractivity contribution in [3.63, 3.8) is 0 Å². The van der Waals surface area contributed by atoms with Crippen molar-refractivity contribution in [2.75, 3.05) is 0 Å². The van der Waals surface area contributed by atoms with Crippen LogP contribution < -0.4 is 0 Å². The number of benzene rings is 1. The van der Waals surface area contributed by atoms with Crippen molar-refractivity contribution in [1.82, 2.24) is 0 Å². The van der Waals surface area contributed by atoms with E-state index in [1.165, 1.54) is 6.42 Å². The number of rotatable bonds is 2. The molecule has 1 N–H and O–H groups in total. The highest BCUT2D eigenvalue weighted by atomic mass is 35.5. The molecule has 0 radical (unpaired) electrons. The van der Waals surface area contributed by atoms with Crippen LogP contribution in [0.1, 0.15) is 45.3 Å². The topological polar surface area (TPSA) is 33.4 Å². The maximum absolute atomic E-state index is 11.2. The van der Waals surface area contributed by atoms with Crippen molar-refractivity contribution in [1.29, 1.82) is 0 Å². The molecule has 0 spiro atoms. The van der Waals surface area contributed by atoms with Crippen LogP contribution in [0.2, 0.25) is 5.02 Å². The summed E-state index contributed by atoms with van der Waals surface area (Å²) in [5, 5.41) is 12.8. The van der Waals surface area contributed by atoms with Crippen molar-refractivity contribution in [2.24, 2.45) is 11.8 Å². The van der Waals surface area contributed by atoms with Crippen LogP contribution in [0.15, 0.2) is 28.7 Å². The van der Waals surface area contributed by atoms with Gasteiger partial charge >= 0.3 is 0 Å². The molecule has 3 heteroatoms. The predicted molar refractivity (Wildman–Crippen MR) is 81.9 cm³/mol. The van der Waals surface area contributed by atoms with Gasteiger partial charge in [-0.25, -0.2) is 0 Å². The first kappa shape index (κ1) is 14.0. The Morgan fingerprint density at radius 2 is 2.15 bits per heavy atom. The van der Waals surface area contributed by atoms with Crippen LogP contribution in [0.25, 0.3) is 11.0 Å². The quantitative estimate of drug-likeness (QED) is 0.833. The summed E-state index contributed by atoms with van der Waals surface area (Å²) in [6.07, 6.45) is 4.06. The Morgan fingerprint density at radius 1 is 1.35 bits per heavy atom. The molecule has 1 aromatic heterocycles. The molecule has 0 aliphatic heterocycles. The molecule has 3 rings (SSSR count). The zero-order valence-electron chi connectivity index (χ0n) is 12.0. The molecule has 2 atom stereocenters. The molecule has 1 aromatic carbocycles. The first-order valence-corrected chi connectivity index (χ1v) is 7.81. The minimum Gasteiger partial charge on any atom is -0.456 e. The van der Waals surface area contributed by atoms with Gasteiger partial charge < -0.3 is 9.52 Å². The number of halogens is 1. The summed E-state index contributed by atoms with van der Waals surface area (Å²) in [6, 6.07) is 7.67. The van der Waals surface area contributed by atoms with Crippen LogP contribution >= 0.6 is 11.6 Å². The number of furan rings is 1. The summed E-state index contributed by atoms with van der Waals surface area (Å²) in [7, 11) is 0. The van der Waals surface area contributed by atoms with E-state index in [1.54, 1.807) is 0 Å². The number of fused-ring (bicyclic) bond motifs is 1. The maximum Gasteiger partial charge on any atom is 0.153 e. The Bertz CT molecular complexity index is 616. The largest absolute Gasteiger partial charge is 0.456 e. The molecule has 0 amide bonds. The van der Waals surface area contributed by atoms with E-state index >= 15 is 0 Å². The summed E-state index contributed by atoms with van der Waals surface area (Å²) in [6.45, 7) is 4.35. The van der Waals surface area contributed by atoms with E-state index in [-0.39, 0.29) is 5.92 Å². The van der Waals surface area contributed by atoms with E-state index in [0.29, 0.717) is 22.3 Å². The van der Waals surface area contributed by atoms with Gasteiger partial charge in [0.1, 0.15) is 11.4 Å². The lowest BCUT2D eigenvalue weighted by Crippen LogP contribution is -2.40. The summed E-state index contributed by atoms with van der Waals surface area (Å²) in [5.74, 6) is 1.36. The summed E-state index contributed by atoms with van der Waals surface area (Å²) in [5.41, 5.74) is -0.167. The van der Waals surface area contributed by atoms with Gasteiger partial charge in [-0.05, 0) is 36.8 Å². The van der Waals surface area contributed by atoms with E-state index in [4.69, 9.17) is 16.0 Å². The Kier molecular flexibility index (Phi) is 3.55. The third kappa shape index (κ3) is 2.15. The molecule has 1 aliphatic carbocycles. The highest BCUT2D eigenvalue weighted by molar-refractivity contribution is 6.34. The molecule has 2 nitrogen and oxygen atoms in total. The van der Waals surface area contributed by atoms with Crippen molar-refractivity contribution in [3.8, 4) is 0 Å². The van der Waals surface area contributed by atoms with Crippen molar-refractivity contribution in [2.45, 2.75) is 45.1 Å². The van der Waals surface area contributed by atoms with Gasteiger partial charge in [-0.1, -0.05) is 50.4 Å². The van der Waals surface area contributed by atoms with Crippen LogP contribution in [-0.4, -0.2) is 5.11 Å². The smallest absolute Gasteiger partial charge is 0.153 e. The maximum atomic E-state index is 11.2. The molecular weight excluding hydrogens is 272 g/mol. The zero-order chi connectivity index (χ0) is 14.3. The van der Waals surface area contributed by atoms with Gasteiger partial charge in [0.25, 0.3) is 0 Å². The lowest BCUT2D eigenvalue weighted by molar-refractivity contribution is -0.0862. The van der Waals surface area contributed by atoms with Crippen LogP contribution in [0, 0.1) is 11.8 Å². The standard InChI is InChI=1S/C17H21ClO2/c1-11(2)13-7-3-4-9-17(13,19)15-10-12-6-5-8-14(18)16(12)20-15/h5-6,8,10-11,13,19H,3-4,7,9H2,1-2H3. The molecule has 1 aliphatic rings. The third-order valence-corrected chi connectivity index (χ3v) is 4.96. The Hall–Kier alpha value is -0.990. The minimum atomic E-state index is -0.852. The summed E-state index contributed by atoms with van der Waals surface area (Å²) >= 11 is 6.18. The van der Waals surface area contributed by atoms with Gasteiger partial charge in [0.15, 0.2) is 5.58 Å². The average Bonchev–Trinajstić information content (AvgIpc) is 2.85. The highest BCUT2D eigenvalue weighted by Crippen LogP contribution is 2.46.